The predicted molar refractivity (Wildman–Crippen MR) is 87.0 cm³/mol. The molecule has 1 N–H and O–H groups in total. The van der Waals surface area contributed by atoms with Gasteiger partial charge >= 0.3 is 5.97 Å². The lowest BCUT2D eigenvalue weighted by Crippen LogP contribution is -2.48. The number of carboxylic acid groups (broad SMARTS) is 1. The van der Waals surface area contributed by atoms with E-state index in [-0.39, 0.29) is 5.91 Å². The summed E-state index contributed by atoms with van der Waals surface area (Å²) in [6.45, 7) is 2.69. The van der Waals surface area contributed by atoms with Crippen LogP contribution >= 0.6 is 34.7 Å². The average Bonchev–Trinajstić information content (AvgIpc) is 2.84. The molecular weight excluding hydrogens is 330 g/mol. The van der Waals surface area contributed by atoms with E-state index in [9.17, 15) is 14.7 Å². The Labute approximate surface area is 137 Å². The molecule has 2 heterocycles. The van der Waals surface area contributed by atoms with Gasteiger partial charge in [-0.1, -0.05) is 11.6 Å². The predicted octanol–water partition coefficient (Wildman–Crippen LogP) is 3.35. The van der Waals surface area contributed by atoms with Gasteiger partial charge in [0.05, 0.1) is 15.5 Å². The number of aliphatic carboxylic acids is 1. The molecule has 4 nitrogen and oxygen atoms in total. The van der Waals surface area contributed by atoms with E-state index >= 15 is 0 Å². The lowest BCUT2D eigenvalue weighted by molar-refractivity contribution is -0.153. The number of likely N-dealkylation sites (tertiary alicyclic amines) is 1. The third-order valence-corrected chi connectivity index (χ3v) is 6.04. The molecule has 1 amide bonds. The number of carbonyl (C=O) groups excluding carboxylic acids is 1. The molecule has 1 aromatic heterocycles. The summed E-state index contributed by atoms with van der Waals surface area (Å²) >= 11 is 8.93. The van der Waals surface area contributed by atoms with Crippen molar-refractivity contribution in [2.24, 2.45) is 5.41 Å². The normalized spacial score (nSPS) is 22.3. The van der Waals surface area contributed by atoms with E-state index in [1.54, 1.807) is 23.6 Å². The first-order valence-corrected chi connectivity index (χ1v) is 9.09. The molecule has 1 aliphatic heterocycles. The Bertz CT molecular complexity index is 534. The molecule has 1 unspecified atom stereocenters. The summed E-state index contributed by atoms with van der Waals surface area (Å²) < 4.78 is 0.755. The molecule has 116 valence electrons. The van der Waals surface area contributed by atoms with E-state index in [0.717, 1.165) is 21.4 Å². The quantitative estimate of drug-likeness (QED) is 0.887. The van der Waals surface area contributed by atoms with Gasteiger partial charge in [-0.2, -0.15) is 0 Å². The van der Waals surface area contributed by atoms with Gasteiger partial charge in [0, 0.05) is 23.7 Å². The van der Waals surface area contributed by atoms with Crippen molar-refractivity contribution < 1.29 is 14.7 Å². The highest BCUT2D eigenvalue weighted by molar-refractivity contribution is 7.99. The van der Waals surface area contributed by atoms with E-state index in [1.165, 1.54) is 11.3 Å². The minimum atomic E-state index is -0.819. The summed E-state index contributed by atoms with van der Waals surface area (Å²) in [6, 6.07) is 3.82. The number of hydrogen-bond acceptors (Lipinski definition) is 4. The molecule has 1 aliphatic rings. The van der Waals surface area contributed by atoms with E-state index in [1.807, 2.05) is 12.1 Å². The number of nitrogens with zero attached hydrogens (tertiary/aromatic N) is 1. The van der Waals surface area contributed by atoms with Gasteiger partial charge in [-0.3, -0.25) is 9.59 Å². The topological polar surface area (TPSA) is 57.6 Å². The number of thiophene rings is 1. The minimum Gasteiger partial charge on any atom is -0.481 e. The zero-order chi connectivity index (χ0) is 15.5. The first-order chi connectivity index (χ1) is 9.90. The highest BCUT2D eigenvalue weighted by atomic mass is 35.5. The second-order valence-electron chi connectivity index (χ2n) is 5.48. The van der Waals surface area contributed by atoms with Crippen LogP contribution < -0.4 is 0 Å². The van der Waals surface area contributed by atoms with Crippen LogP contribution in [0, 0.1) is 5.41 Å². The fourth-order valence-corrected chi connectivity index (χ4v) is 4.51. The molecule has 1 saturated heterocycles. The van der Waals surface area contributed by atoms with Crippen LogP contribution in [0.3, 0.4) is 0 Å². The van der Waals surface area contributed by atoms with Crippen LogP contribution in [0.25, 0.3) is 0 Å². The van der Waals surface area contributed by atoms with Crippen LogP contribution in [-0.4, -0.2) is 40.7 Å². The van der Waals surface area contributed by atoms with Crippen molar-refractivity contribution in [1.29, 1.82) is 0 Å². The molecule has 0 aliphatic carbocycles. The SMILES string of the molecule is CC1(C(=O)O)CCCN(C(=O)CSCc2ccc(Cl)s2)C1. The highest BCUT2D eigenvalue weighted by Crippen LogP contribution is 2.30. The van der Waals surface area contributed by atoms with Crippen molar-refractivity contribution in [1.82, 2.24) is 4.90 Å². The second kappa shape index (κ2) is 7.03. The van der Waals surface area contributed by atoms with Crippen LogP contribution in [0.15, 0.2) is 12.1 Å². The number of hydrogen-bond donors (Lipinski definition) is 1. The highest BCUT2D eigenvalue weighted by Gasteiger charge is 2.39. The van der Waals surface area contributed by atoms with Gasteiger partial charge in [-0.15, -0.1) is 23.1 Å². The maximum absolute atomic E-state index is 12.2. The van der Waals surface area contributed by atoms with Crippen molar-refractivity contribution in [3.8, 4) is 0 Å². The Balaban J connectivity index is 1.81. The lowest BCUT2D eigenvalue weighted by Gasteiger charge is -2.37. The number of halogens is 1. The van der Waals surface area contributed by atoms with Crippen molar-refractivity contribution >= 4 is 46.6 Å². The number of amides is 1. The number of carbonyl (C=O) groups is 2. The van der Waals surface area contributed by atoms with Crippen LogP contribution in [0.2, 0.25) is 4.34 Å². The number of thioether (sulfide) groups is 1. The smallest absolute Gasteiger partial charge is 0.311 e. The summed E-state index contributed by atoms with van der Waals surface area (Å²) in [5.74, 6) is 0.342. The number of rotatable bonds is 5. The zero-order valence-corrected chi connectivity index (χ0v) is 14.2. The molecular formula is C14H18ClNO3S2. The van der Waals surface area contributed by atoms with Gasteiger partial charge < -0.3 is 10.0 Å². The van der Waals surface area contributed by atoms with Crippen molar-refractivity contribution in [2.45, 2.75) is 25.5 Å². The Morgan fingerprint density at radius 1 is 1.52 bits per heavy atom. The van der Waals surface area contributed by atoms with E-state index in [4.69, 9.17) is 11.6 Å². The van der Waals surface area contributed by atoms with Crippen LogP contribution in [0.1, 0.15) is 24.6 Å². The molecule has 1 fully saturated rings. The van der Waals surface area contributed by atoms with Crippen molar-refractivity contribution in [3.05, 3.63) is 21.3 Å². The van der Waals surface area contributed by atoms with E-state index in [0.29, 0.717) is 25.3 Å². The third-order valence-electron chi connectivity index (χ3n) is 3.66. The first-order valence-electron chi connectivity index (χ1n) is 6.74. The minimum absolute atomic E-state index is 0.0230. The lowest BCUT2D eigenvalue weighted by atomic mass is 9.82. The molecule has 7 heteroatoms. The van der Waals surface area contributed by atoms with E-state index in [2.05, 4.69) is 0 Å². The summed E-state index contributed by atoms with van der Waals surface area (Å²) in [4.78, 5) is 26.3. The van der Waals surface area contributed by atoms with E-state index < -0.39 is 11.4 Å². The fourth-order valence-electron chi connectivity index (χ4n) is 2.39. The molecule has 2 rings (SSSR count). The van der Waals surface area contributed by atoms with Crippen LogP contribution in [0.4, 0.5) is 0 Å². The number of piperidine rings is 1. The van der Waals surface area contributed by atoms with Gasteiger partial charge in [0.1, 0.15) is 0 Å². The summed E-state index contributed by atoms with van der Waals surface area (Å²) in [5.41, 5.74) is -0.806. The maximum Gasteiger partial charge on any atom is 0.311 e. The third kappa shape index (κ3) is 4.37. The molecule has 0 radical (unpaired) electrons. The zero-order valence-electron chi connectivity index (χ0n) is 11.8. The van der Waals surface area contributed by atoms with Crippen LogP contribution in [-0.2, 0) is 15.3 Å². The van der Waals surface area contributed by atoms with Crippen LogP contribution in [0.5, 0.6) is 0 Å². The van der Waals surface area contributed by atoms with Gasteiger partial charge in [0.15, 0.2) is 0 Å². The molecule has 1 aromatic rings. The molecule has 21 heavy (non-hydrogen) atoms. The van der Waals surface area contributed by atoms with Gasteiger partial charge in [0.25, 0.3) is 0 Å². The second-order valence-corrected chi connectivity index (χ2v) is 8.27. The average molecular weight is 348 g/mol. The molecule has 0 aromatic carbocycles. The van der Waals surface area contributed by atoms with Gasteiger partial charge in [-0.25, -0.2) is 0 Å². The fraction of sp³-hybridized carbons (Fsp3) is 0.571. The molecule has 0 spiro atoms. The van der Waals surface area contributed by atoms with Gasteiger partial charge in [0.2, 0.25) is 5.91 Å². The summed E-state index contributed by atoms with van der Waals surface area (Å²) in [6.07, 6.45) is 1.38. The monoisotopic (exact) mass is 347 g/mol. The Hall–Kier alpha value is -0.720. The number of carboxylic acids is 1. The summed E-state index contributed by atoms with van der Waals surface area (Å²) in [5, 5.41) is 9.27. The Morgan fingerprint density at radius 2 is 2.29 bits per heavy atom. The Morgan fingerprint density at radius 3 is 2.90 bits per heavy atom. The Kier molecular flexibility index (Phi) is 5.57. The van der Waals surface area contributed by atoms with Gasteiger partial charge in [-0.05, 0) is 31.9 Å². The summed E-state index contributed by atoms with van der Waals surface area (Å²) in [7, 11) is 0. The molecule has 1 atom stereocenters. The first kappa shape index (κ1) is 16.6. The van der Waals surface area contributed by atoms with Crippen molar-refractivity contribution in [2.75, 3.05) is 18.8 Å². The standard InChI is InChI=1S/C14H18ClNO3S2/c1-14(13(18)19)5-2-6-16(9-14)12(17)8-20-7-10-3-4-11(15)21-10/h3-4H,2,5-9H2,1H3,(H,18,19). The molecule has 0 saturated carbocycles. The maximum atomic E-state index is 12.2. The van der Waals surface area contributed by atoms with Crippen molar-refractivity contribution in [3.63, 3.8) is 0 Å². The largest absolute Gasteiger partial charge is 0.481 e. The molecule has 0 bridgehead atoms.